The summed E-state index contributed by atoms with van der Waals surface area (Å²) < 4.78 is 13.8. The van der Waals surface area contributed by atoms with Crippen molar-refractivity contribution in [2.45, 2.75) is 32.9 Å². The number of aryl methyl sites for hydroxylation is 1. The Labute approximate surface area is 108 Å². The van der Waals surface area contributed by atoms with Crippen LogP contribution in [0.2, 0.25) is 0 Å². The summed E-state index contributed by atoms with van der Waals surface area (Å²) in [5, 5.41) is 0. The summed E-state index contributed by atoms with van der Waals surface area (Å²) in [6.07, 6.45) is 1.03. The smallest absolute Gasteiger partial charge is 0.130 e. The van der Waals surface area contributed by atoms with Crippen LogP contribution in [-0.2, 0) is 12.1 Å². The summed E-state index contributed by atoms with van der Waals surface area (Å²) in [5.74, 6) is 0. The average Bonchev–Trinajstić information content (AvgIpc) is 2.38. The molecule has 0 amide bonds. The van der Waals surface area contributed by atoms with Crippen LogP contribution in [0.15, 0.2) is 48.5 Å². The molecule has 0 bridgehead atoms. The van der Waals surface area contributed by atoms with Crippen molar-refractivity contribution in [3.8, 4) is 11.1 Å². The molecule has 0 saturated carbocycles. The highest BCUT2D eigenvalue weighted by Gasteiger charge is 2.18. The van der Waals surface area contributed by atoms with Gasteiger partial charge in [-0.25, -0.2) is 4.39 Å². The predicted octanol–water partition coefficient (Wildman–Crippen LogP) is 5.12. The molecule has 0 spiro atoms. The molecule has 0 fully saturated rings. The molecule has 0 heterocycles. The van der Waals surface area contributed by atoms with Crippen molar-refractivity contribution >= 4 is 0 Å². The highest BCUT2D eigenvalue weighted by Crippen LogP contribution is 2.27. The summed E-state index contributed by atoms with van der Waals surface area (Å²) >= 11 is 0. The first-order valence-electron chi connectivity index (χ1n) is 6.39. The number of alkyl halides is 1. The van der Waals surface area contributed by atoms with Crippen LogP contribution in [0.25, 0.3) is 11.1 Å². The first-order valence-corrected chi connectivity index (χ1v) is 6.39. The summed E-state index contributed by atoms with van der Waals surface area (Å²) in [4.78, 5) is 0. The van der Waals surface area contributed by atoms with E-state index in [0.29, 0.717) is 0 Å². The standard InChI is InChI=1S/C17H19F/c1-4-13-6-5-7-15(12-13)14-8-10-16(11-9-14)17(2,3)18/h5-12H,4H2,1-3H3. The van der Waals surface area contributed by atoms with Crippen LogP contribution >= 0.6 is 0 Å². The van der Waals surface area contributed by atoms with Gasteiger partial charge in [0.15, 0.2) is 0 Å². The third kappa shape index (κ3) is 2.79. The van der Waals surface area contributed by atoms with E-state index in [4.69, 9.17) is 0 Å². The first kappa shape index (κ1) is 12.8. The summed E-state index contributed by atoms with van der Waals surface area (Å²) in [5.41, 5.74) is 3.10. The van der Waals surface area contributed by atoms with Crippen LogP contribution in [0.3, 0.4) is 0 Å². The summed E-state index contributed by atoms with van der Waals surface area (Å²) in [6.45, 7) is 5.31. The second-order valence-electron chi connectivity index (χ2n) is 5.10. The van der Waals surface area contributed by atoms with Gasteiger partial charge in [0.2, 0.25) is 0 Å². The highest BCUT2D eigenvalue weighted by molar-refractivity contribution is 5.64. The molecular formula is C17H19F. The van der Waals surface area contributed by atoms with Gasteiger partial charge in [-0.15, -0.1) is 0 Å². The monoisotopic (exact) mass is 242 g/mol. The largest absolute Gasteiger partial charge is 0.239 e. The van der Waals surface area contributed by atoms with Crippen molar-refractivity contribution in [3.63, 3.8) is 0 Å². The Morgan fingerprint density at radius 3 is 2.17 bits per heavy atom. The zero-order valence-corrected chi connectivity index (χ0v) is 11.2. The number of halogens is 1. The van der Waals surface area contributed by atoms with Crippen LogP contribution in [0, 0.1) is 0 Å². The Hall–Kier alpha value is -1.63. The summed E-state index contributed by atoms with van der Waals surface area (Å²) in [6, 6.07) is 16.2. The minimum Gasteiger partial charge on any atom is -0.239 e. The maximum Gasteiger partial charge on any atom is 0.130 e. The minimum atomic E-state index is -1.27. The molecule has 2 aromatic rings. The molecule has 18 heavy (non-hydrogen) atoms. The Morgan fingerprint density at radius 1 is 0.944 bits per heavy atom. The fourth-order valence-electron chi connectivity index (χ4n) is 2.03. The Kier molecular flexibility index (Phi) is 3.51. The van der Waals surface area contributed by atoms with E-state index in [1.807, 2.05) is 24.3 Å². The van der Waals surface area contributed by atoms with Crippen molar-refractivity contribution in [2.75, 3.05) is 0 Å². The topological polar surface area (TPSA) is 0 Å². The van der Waals surface area contributed by atoms with Crippen molar-refractivity contribution in [1.29, 1.82) is 0 Å². The maximum absolute atomic E-state index is 13.8. The van der Waals surface area contributed by atoms with E-state index in [0.717, 1.165) is 17.5 Å². The van der Waals surface area contributed by atoms with E-state index in [2.05, 4.69) is 31.2 Å². The Morgan fingerprint density at radius 2 is 1.61 bits per heavy atom. The molecule has 0 aliphatic carbocycles. The molecule has 2 aromatic carbocycles. The molecule has 0 aliphatic heterocycles. The first-order chi connectivity index (χ1) is 8.50. The number of hydrogen-bond acceptors (Lipinski definition) is 0. The third-order valence-corrected chi connectivity index (χ3v) is 3.24. The Balaban J connectivity index is 2.34. The SMILES string of the molecule is CCc1cccc(-c2ccc(C(C)(C)F)cc2)c1. The zero-order valence-electron chi connectivity index (χ0n) is 11.2. The molecule has 0 saturated heterocycles. The molecule has 0 aliphatic rings. The van der Waals surface area contributed by atoms with Crippen LogP contribution in [0.5, 0.6) is 0 Å². The maximum atomic E-state index is 13.8. The fourth-order valence-corrected chi connectivity index (χ4v) is 2.03. The second-order valence-corrected chi connectivity index (χ2v) is 5.10. The van der Waals surface area contributed by atoms with Crippen LogP contribution in [-0.4, -0.2) is 0 Å². The third-order valence-electron chi connectivity index (χ3n) is 3.24. The average molecular weight is 242 g/mol. The molecule has 0 radical (unpaired) electrons. The van der Waals surface area contributed by atoms with Gasteiger partial charge in [-0.05, 0) is 42.5 Å². The van der Waals surface area contributed by atoms with Gasteiger partial charge in [0.25, 0.3) is 0 Å². The lowest BCUT2D eigenvalue weighted by molar-refractivity contribution is 0.221. The van der Waals surface area contributed by atoms with Crippen molar-refractivity contribution < 1.29 is 4.39 Å². The lowest BCUT2D eigenvalue weighted by Crippen LogP contribution is -2.08. The predicted molar refractivity (Wildman–Crippen MR) is 75.4 cm³/mol. The number of rotatable bonds is 3. The van der Waals surface area contributed by atoms with Crippen LogP contribution in [0.4, 0.5) is 4.39 Å². The van der Waals surface area contributed by atoms with Gasteiger partial charge >= 0.3 is 0 Å². The van der Waals surface area contributed by atoms with Gasteiger partial charge in [-0.2, -0.15) is 0 Å². The van der Waals surface area contributed by atoms with Crippen molar-refractivity contribution in [1.82, 2.24) is 0 Å². The van der Waals surface area contributed by atoms with E-state index in [1.165, 1.54) is 11.1 Å². The molecule has 1 heteroatoms. The zero-order chi connectivity index (χ0) is 13.2. The number of hydrogen-bond donors (Lipinski definition) is 0. The molecular weight excluding hydrogens is 223 g/mol. The normalized spacial score (nSPS) is 11.6. The van der Waals surface area contributed by atoms with E-state index >= 15 is 0 Å². The lowest BCUT2D eigenvalue weighted by Gasteiger charge is -2.15. The van der Waals surface area contributed by atoms with Gasteiger partial charge in [0.1, 0.15) is 5.67 Å². The fraction of sp³-hybridized carbons (Fsp3) is 0.294. The van der Waals surface area contributed by atoms with Crippen LogP contribution in [0.1, 0.15) is 31.9 Å². The van der Waals surface area contributed by atoms with Gasteiger partial charge in [0, 0.05) is 0 Å². The minimum absolute atomic E-state index is 0.720. The number of benzene rings is 2. The second kappa shape index (κ2) is 4.93. The molecule has 0 atom stereocenters. The van der Waals surface area contributed by atoms with Gasteiger partial charge in [-0.3, -0.25) is 0 Å². The van der Waals surface area contributed by atoms with E-state index < -0.39 is 5.67 Å². The van der Waals surface area contributed by atoms with E-state index in [-0.39, 0.29) is 0 Å². The van der Waals surface area contributed by atoms with E-state index in [9.17, 15) is 4.39 Å². The van der Waals surface area contributed by atoms with Gasteiger partial charge < -0.3 is 0 Å². The van der Waals surface area contributed by atoms with Crippen LogP contribution < -0.4 is 0 Å². The molecule has 0 nitrogen and oxygen atoms in total. The molecule has 94 valence electrons. The Bertz CT molecular complexity index is 518. The van der Waals surface area contributed by atoms with Gasteiger partial charge in [-0.1, -0.05) is 55.5 Å². The highest BCUT2D eigenvalue weighted by atomic mass is 19.1. The molecule has 2 rings (SSSR count). The lowest BCUT2D eigenvalue weighted by atomic mass is 9.96. The molecule has 0 aromatic heterocycles. The molecule has 0 unspecified atom stereocenters. The van der Waals surface area contributed by atoms with Crippen molar-refractivity contribution in [3.05, 3.63) is 59.7 Å². The quantitative estimate of drug-likeness (QED) is 0.700. The van der Waals surface area contributed by atoms with Gasteiger partial charge in [0.05, 0.1) is 0 Å². The summed E-state index contributed by atoms with van der Waals surface area (Å²) in [7, 11) is 0. The van der Waals surface area contributed by atoms with Crippen molar-refractivity contribution in [2.24, 2.45) is 0 Å². The van der Waals surface area contributed by atoms with E-state index in [1.54, 1.807) is 13.8 Å². The molecule has 0 N–H and O–H groups in total.